The molecule has 3 heterocycles. The number of anilines is 2. The highest BCUT2D eigenvalue weighted by molar-refractivity contribution is 6.34. The van der Waals surface area contributed by atoms with Crippen molar-refractivity contribution in [2.75, 3.05) is 12.0 Å². The molecule has 7 nitrogen and oxygen atoms in total. The van der Waals surface area contributed by atoms with Crippen LogP contribution in [0.25, 0.3) is 11.3 Å². The van der Waals surface area contributed by atoms with Crippen molar-refractivity contribution in [1.29, 1.82) is 0 Å². The number of aryl methyl sites for hydroxylation is 1. The normalized spacial score (nSPS) is 15.9. The van der Waals surface area contributed by atoms with Gasteiger partial charge in [0.2, 0.25) is 11.8 Å². The van der Waals surface area contributed by atoms with Crippen LogP contribution in [0.3, 0.4) is 0 Å². The van der Waals surface area contributed by atoms with E-state index in [0.717, 1.165) is 18.4 Å². The molecule has 2 aliphatic rings. The Morgan fingerprint density at radius 2 is 1.94 bits per heavy atom. The van der Waals surface area contributed by atoms with Gasteiger partial charge in [0, 0.05) is 23.7 Å². The van der Waals surface area contributed by atoms with E-state index in [1.54, 1.807) is 18.3 Å². The third kappa shape index (κ3) is 3.93. The van der Waals surface area contributed by atoms with E-state index in [1.165, 1.54) is 30.2 Å². The van der Waals surface area contributed by atoms with Crippen LogP contribution >= 0.6 is 11.6 Å². The average Bonchev–Trinajstić information content (AvgIpc) is 3.57. The Balaban J connectivity index is 1.61. The van der Waals surface area contributed by atoms with Crippen LogP contribution in [0.4, 0.5) is 20.3 Å². The van der Waals surface area contributed by atoms with Gasteiger partial charge in [0.25, 0.3) is 0 Å². The maximum atomic E-state index is 13.5. The fourth-order valence-electron chi connectivity index (χ4n) is 3.63. The topological polar surface area (TPSA) is 73.8 Å². The van der Waals surface area contributed by atoms with E-state index in [1.807, 2.05) is 13.0 Å². The number of rotatable bonds is 5. The van der Waals surface area contributed by atoms with Crippen molar-refractivity contribution in [2.45, 2.75) is 26.1 Å². The molecule has 3 aromatic rings. The predicted molar refractivity (Wildman–Crippen MR) is 116 cm³/mol. The first kappa shape index (κ1) is 21.4. The molecule has 2 aromatic heterocycles. The largest absolute Gasteiger partial charge is 0.586 e. The highest BCUT2D eigenvalue weighted by Gasteiger charge is 2.44. The number of aromatic nitrogens is 2. The van der Waals surface area contributed by atoms with Crippen LogP contribution in [0.1, 0.15) is 18.4 Å². The van der Waals surface area contributed by atoms with Crippen molar-refractivity contribution in [1.82, 2.24) is 9.97 Å². The maximum Gasteiger partial charge on any atom is 0.586 e. The lowest BCUT2D eigenvalue weighted by atomic mass is 10.1. The summed E-state index contributed by atoms with van der Waals surface area (Å²) in [5.74, 6) is -0.0150. The lowest BCUT2D eigenvalue weighted by Gasteiger charge is -2.23. The number of amides is 1. The number of hydrogen-bond donors (Lipinski definition) is 0. The number of nitrogens with zero attached hydrogens (tertiary/aromatic N) is 3. The highest BCUT2D eigenvalue weighted by Crippen LogP contribution is 2.45. The van der Waals surface area contributed by atoms with Crippen LogP contribution in [0.5, 0.6) is 17.4 Å². The molecule has 1 aromatic carbocycles. The molecule has 10 heteroatoms. The Labute approximate surface area is 192 Å². The second-order valence-electron chi connectivity index (χ2n) is 7.76. The summed E-state index contributed by atoms with van der Waals surface area (Å²) in [6.07, 6.45) is -0.689. The molecule has 1 fully saturated rings. The Morgan fingerprint density at radius 1 is 1.18 bits per heavy atom. The van der Waals surface area contributed by atoms with E-state index in [2.05, 4.69) is 14.5 Å². The van der Waals surface area contributed by atoms with Gasteiger partial charge in [-0.25, -0.2) is 9.97 Å². The van der Waals surface area contributed by atoms with Gasteiger partial charge in [-0.3, -0.25) is 9.69 Å². The standard InChI is InChI=1S/C23H18ClF2N3O4/c1-12-3-8-18(28-20(12)15-9-10-27-21(31-2)19(15)24)29(22(30)13-4-5-13)14-6-7-16-17(11-14)33-23(25,26)32-16/h3,6-11,13H,4-5H2,1-2H3. The molecular weight excluding hydrogens is 456 g/mol. The van der Waals surface area contributed by atoms with Crippen LogP contribution in [0, 0.1) is 12.8 Å². The lowest BCUT2D eigenvalue weighted by molar-refractivity contribution is -0.286. The molecule has 0 atom stereocenters. The Kier molecular flexibility index (Phi) is 5.08. The summed E-state index contributed by atoms with van der Waals surface area (Å²) < 4.78 is 41.3. The van der Waals surface area contributed by atoms with Gasteiger partial charge in [0.1, 0.15) is 10.8 Å². The van der Waals surface area contributed by atoms with Crippen LogP contribution in [0.2, 0.25) is 5.02 Å². The van der Waals surface area contributed by atoms with E-state index in [9.17, 15) is 13.6 Å². The molecule has 1 saturated carbocycles. The first-order chi connectivity index (χ1) is 15.8. The zero-order valence-corrected chi connectivity index (χ0v) is 18.4. The first-order valence-electron chi connectivity index (χ1n) is 10.2. The summed E-state index contributed by atoms with van der Waals surface area (Å²) in [6.45, 7) is 1.87. The summed E-state index contributed by atoms with van der Waals surface area (Å²) in [5, 5.41) is 0.290. The summed E-state index contributed by atoms with van der Waals surface area (Å²) >= 11 is 6.47. The molecule has 33 heavy (non-hydrogen) atoms. The Morgan fingerprint density at radius 3 is 2.67 bits per heavy atom. The van der Waals surface area contributed by atoms with Gasteiger partial charge >= 0.3 is 6.29 Å². The van der Waals surface area contributed by atoms with Gasteiger partial charge in [0.15, 0.2) is 11.5 Å². The van der Waals surface area contributed by atoms with Crippen molar-refractivity contribution < 1.29 is 27.8 Å². The van der Waals surface area contributed by atoms with Gasteiger partial charge in [-0.1, -0.05) is 17.7 Å². The number of carbonyl (C=O) groups excluding carboxylic acids is 1. The quantitative estimate of drug-likeness (QED) is 0.486. The summed E-state index contributed by atoms with van der Waals surface area (Å²) in [4.78, 5) is 23.5. The number of methoxy groups -OCH3 is 1. The fraction of sp³-hybridized carbons (Fsp3) is 0.261. The zero-order valence-electron chi connectivity index (χ0n) is 17.6. The first-order valence-corrected chi connectivity index (χ1v) is 10.6. The summed E-state index contributed by atoms with van der Waals surface area (Å²) in [5.41, 5.74) is 2.29. The minimum Gasteiger partial charge on any atom is -0.480 e. The lowest BCUT2D eigenvalue weighted by Crippen LogP contribution is -2.28. The molecule has 0 bridgehead atoms. The highest BCUT2D eigenvalue weighted by atomic mass is 35.5. The monoisotopic (exact) mass is 473 g/mol. The molecule has 0 radical (unpaired) electrons. The molecule has 1 amide bonds. The minimum absolute atomic E-state index is 0.101. The van der Waals surface area contributed by atoms with E-state index in [4.69, 9.17) is 21.3 Å². The number of pyridine rings is 2. The van der Waals surface area contributed by atoms with Crippen LogP contribution in [0.15, 0.2) is 42.6 Å². The van der Waals surface area contributed by atoms with E-state index < -0.39 is 6.29 Å². The Hall–Kier alpha value is -3.46. The second kappa shape index (κ2) is 7.84. The van der Waals surface area contributed by atoms with Crippen LogP contribution in [-0.2, 0) is 4.79 Å². The van der Waals surface area contributed by atoms with Gasteiger partial charge in [-0.05, 0) is 49.6 Å². The van der Waals surface area contributed by atoms with Gasteiger partial charge in [-0.15, -0.1) is 8.78 Å². The van der Waals surface area contributed by atoms with Crippen LogP contribution < -0.4 is 19.1 Å². The molecule has 170 valence electrons. The van der Waals surface area contributed by atoms with Crippen molar-refractivity contribution in [3.8, 4) is 28.6 Å². The molecule has 0 N–H and O–H groups in total. The van der Waals surface area contributed by atoms with E-state index >= 15 is 0 Å². The predicted octanol–water partition coefficient (Wildman–Crippen LogP) is 5.51. The number of ether oxygens (including phenoxy) is 3. The third-order valence-corrected chi connectivity index (χ3v) is 5.77. The molecule has 5 rings (SSSR count). The zero-order chi connectivity index (χ0) is 23.3. The second-order valence-corrected chi connectivity index (χ2v) is 8.14. The van der Waals surface area contributed by atoms with E-state index in [0.29, 0.717) is 22.8 Å². The number of alkyl halides is 2. The molecule has 1 aliphatic heterocycles. The smallest absolute Gasteiger partial charge is 0.480 e. The molecule has 0 saturated heterocycles. The molecule has 0 unspecified atom stereocenters. The molecular formula is C23H18ClF2N3O4. The number of hydrogen-bond acceptors (Lipinski definition) is 6. The van der Waals surface area contributed by atoms with Gasteiger partial charge in [0.05, 0.1) is 18.5 Å². The molecule has 0 spiro atoms. The summed E-state index contributed by atoms with van der Waals surface area (Å²) in [7, 11) is 1.47. The van der Waals surface area contributed by atoms with Crippen molar-refractivity contribution in [3.63, 3.8) is 0 Å². The van der Waals surface area contributed by atoms with Gasteiger partial charge in [-0.2, -0.15) is 0 Å². The van der Waals surface area contributed by atoms with Crippen molar-refractivity contribution in [2.24, 2.45) is 5.92 Å². The number of carbonyl (C=O) groups is 1. The average molecular weight is 474 g/mol. The number of halogens is 3. The fourth-order valence-corrected chi connectivity index (χ4v) is 3.91. The van der Waals surface area contributed by atoms with E-state index in [-0.39, 0.29) is 34.2 Å². The third-order valence-electron chi connectivity index (χ3n) is 5.41. The van der Waals surface area contributed by atoms with Crippen molar-refractivity contribution in [3.05, 3.63) is 53.2 Å². The summed E-state index contributed by atoms with van der Waals surface area (Å²) in [6, 6.07) is 9.44. The molecule has 1 aliphatic carbocycles. The maximum absolute atomic E-state index is 13.5. The number of benzene rings is 1. The van der Waals surface area contributed by atoms with Crippen molar-refractivity contribution >= 4 is 29.0 Å². The minimum atomic E-state index is -3.75. The van der Waals surface area contributed by atoms with Gasteiger partial charge < -0.3 is 14.2 Å². The number of fused-ring (bicyclic) bond motifs is 1. The van der Waals surface area contributed by atoms with Crippen LogP contribution in [-0.4, -0.2) is 29.3 Å². The Bertz CT molecular complexity index is 1270. The SMILES string of the molecule is COc1nccc(-c2nc(N(C(=O)C3CC3)c3ccc4c(c3)OC(F)(F)O4)ccc2C)c1Cl.